The molecule has 4 nitrogen and oxygen atoms in total. The van der Waals surface area contributed by atoms with Crippen molar-refractivity contribution >= 4 is 35.0 Å². The third-order valence-corrected chi connectivity index (χ3v) is 4.96. The number of carboxylic acid groups (broad SMARTS) is 1. The third-order valence-electron chi connectivity index (χ3n) is 2.80. The molecular weight excluding hydrogens is 258 g/mol. The molecule has 92 valence electrons. The Labute approximate surface area is 108 Å². The maximum absolute atomic E-state index is 12.2. The van der Waals surface area contributed by atoms with E-state index in [9.17, 15) is 9.59 Å². The molecule has 0 aromatic carbocycles. The lowest BCUT2D eigenvalue weighted by atomic mass is 10.2. The number of thioether (sulfide) groups is 1. The van der Waals surface area contributed by atoms with Gasteiger partial charge in [0.2, 0.25) is 0 Å². The number of carboxylic acids is 1. The fourth-order valence-corrected chi connectivity index (χ4v) is 3.80. The second kappa shape index (κ2) is 4.70. The highest BCUT2D eigenvalue weighted by Crippen LogP contribution is 2.27. The Morgan fingerprint density at radius 3 is 2.71 bits per heavy atom. The maximum Gasteiger partial charge on any atom is 0.327 e. The first-order chi connectivity index (χ1) is 8.00. The van der Waals surface area contributed by atoms with Gasteiger partial charge in [0.25, 0.3) is 5.91 Å². The number of amides is 1. The molecule has 1 aliphatic rings. The van der Waals surface area contributed by atoms with Crippen molar-refractivity contribution in [1.82, 2.24) is 4.90 Å². The second-order valence-electron chi connectivity index (χ2n) is 3.98. The number of carbonyl (C=O) groups excluding carboxylic acids is 1. The summed E-state index contributed by atoms with van der Waals surface area (Å²) >= 11 is 2.91. The van der Waals surface area contributed by atoms with E-state index in [0.29, 0.717) is 16.5 Å². The molecule has 1 unspecified atom stereocenters. The lowest BCUT2D eigenvalue weighted by Gasteiger charge is -2.19. The largest absolute Gasteiger partial charge is 0.480 e. The number of hydrogen-bond donors (Lipinski definition) is 1. The highest BCUT2D eigenvalue weighted by Gasteiger charge is 2.35. The zero-order valence-corrected chi connectivity index (χ0v) is 11.2. The smallest absolute Gasteiger partial charge is 0.327 e. The van der Waals surface area contributed by atoms with Crippen molar-refractivity contribution in [3.05, 3.63) is 21.4 Å². The van der Waals surface area contributed by atoms with Crippen molar-refractivity contribution in [2.45, 2.75) is 19.9 Å². The van der Waals surface area contributed by atoms with E-state index in [0.717, 1.165) is 10.4 Å². The van der Waals surface area contributed by atoms with Crippen LogP contribution in [0.2, 0.25) is 0 Å². The Morgan fingerprint density at radius 2 is 2.18 bits per heavy atom. The monoisotopic (exact) mass is 271 g/mol. The van der Waals surface area contributed by atoms with Crippen molar-refractivity contribution in [1.29, 1.82) is 0 Å². The van der Waals surface area contributed by atoms with E-state index in [-0.39, 0.29) is 5.91 Å². The van der Waals surface area contributed by atoms with Crippen LogP contribution in [0.25, 0.3) is 0 Å². The summed E-state index contributed by atoms with van der Waals surface area (Å²) < 4.78 is 0. The maximum atomic E-state index is 12.2. The molecule has 1 aromatic heterocycles. The molecule has 1 saturated heterocycles. The first kappa shape index (κ1) is 12.4. The van der Waals surface area contributed by atoms with Gasteiger partial charge in [-0.3, -0.25) is 4.79 Å². The van der Waals surface area contributed by atoms with E-state index in [1.165, 1.54) is 28.0 Å². The van der Waals surface area contributed by atoms with Crippen LogP contribution in [0.5, 0.6) is 0 Å². The fourth-order valence-electron chi connectivity index (χ4n) is 1.67. The number of rotatable bonds is 2. The Hall–Kier alpha value is -1.01. The summed E-state index contributed by atoms with van der Waals surface area (Å²) in [5.41, 5.74) is 1.08. The van der Waals surface area contributed by atoms with Gasteiger partial charge in [-0.15, -0.1) is 23.1 Å². The van der Waals surface area contributed by atoms with Crippen LogP contribution < -0.4 is 0 Å². The lowest BCUT2D eigenvalue weighted by molar-refractivity contribution is -0.140. The van der Waals surface area contributed by atoms with Gasteiger partial charge in [-0.25, -0.2) is 4.79 Å². The quantitative estimate of drug-likeness (QED) is 0.893. The molecule has 1 amide bonds. The van der Waals surface area contributed by atoms with Gasteiger partial charge in [0, 0.05) is 10.6 Å². The molecule has 1 atom stereocenters. The molecule has 1 aromatic rings. The van der Waals surface area contributed by atoms with Crippen molar-refractivity contribution in [2.24, 2.45) is 0 Å². The first-order valence-electron chi connectivity index (χ1n) is 5.19. The minimum absolute atomic E-state index is 0.163. The van der Waals surface area contributed by atoms with Gasteiger partial charge in [0.05, 0.1) is 10.8 Å². The summed E-state index contributed by atoms with van der Waals surface area (Å²) in [6, 6.07) is 1.15. The molecule has 2 rings (SSSR count). The summed E-state index contributed by atoms with van der Waals surface area (Å²) in [7, 11) is 0. The molecule has 0 saturated carbocycles. The van der Waals surface area contributed by atoms with Crippen molar-refractivity contribution in [3.63, 3.8) is 0 Å². The zero-order valence-electron chi connectivity index (χ0n) is 9.60. The summed E-state index contributed by atoms with van der Waals surface area (Å²) in [6.45, 7) is 3.92. The summed E-state index contributed by atoms with van der Waals surface area (Å²) in [5.74, 6) is -0.145. The van der Waals surface area contributed by atoms with Gasteiger partial charge in [0.15, 0.2) is 0 Å². The van der Waals surface area contributed by atoms with E-state index in [1.54, 1.807) is 0 Å². The number of carbonyl (C=O) groups is 2. The van der Waals surface area contributed by atoms with Crippen LogP contribution in [0.15, 0.2) is 6.07 Å². The van der Waals surface area contributed by atoms with Gasteiger partial charge < -0.3 is 10.0 Å². The lowest BCUT2D eigenvalue weighted by Crippen LogP contribution is -2.41. The van der Waals surface area contributed by atoms with Crippen LogP contribution in [-0.4, -0.2) is 39.6 Å². The Bertz CT molecular complexity index is 450. The minimum Gasteiger partial charge on any atom is -0.480 e. The Kier molecular flexibility index (Phi) is 3.44. The number of aliphatic carboxylic acids is 1. The molecule has 2 heterocycles. The standard InChI is InChI=1S/C11H13NO3S2/c1-6-3-9(17-7(6)2)10(13)12-5-16-4-8(12)11(14)15/h3,8H,4-5H2,1-2H3,(H,14,15). The first-order valence-corrected chi connectivity index (χ1v) is 7.16. The van der Waals surface area contributed by atoms with E-state index >= 15 is 0 Å². The van der Waals surface area contributed by atoms with Crippen LogP contribution in [0.1, 0.15) is 20.1 Å². The normalized spacial score (nSPS) is 19.6. The number of aryl methyl sites for hydroxylation is 2. The molecule has 0 aliphatic carbocycles. The van der Waals surface area contributed by atoms with Crippen LogP contribution >= 0.6 is 23.1 Å². The molecule has 1 N–H and O–H groups in total. The van der Waals surface area contributed by atoms with Crippen LogP contribution in [0.4, 0.5) is 0 Å². The van der Waals surface area contributed by atoms with Crippen molar-refractivity contribution < 1.29 is 14.7 Å². The number of nitrogens with zero attached hydrogens (tertiary/aromatic N) is 1. The fraction of sp³-hybridized carbons (Fsp3) is 0.455. The topological polar surface area (TPSA) is 57.6 Å². The number of thiophene rings is 1. The predicted molar refractivity (Wildman–Crippen MR) is 68.7 cm³/mol. The van der Waals surface area contributed by atoms with Crippen molar-refractivity contribution in [3.8, 4) is 0 Å². The second-order valence-corrected chi connectivity index (χ2v) is 6.23. The highest BCUT2D eigenvalue weighted by atomic mass is 32.2. The molecule has 1 fully saturated rings. The highest BCUT2D eigenvalue weighted by molar-refractivity contribution is 7.99. The Balaban J connectivity index is 2.22. The average molecular weight is 271 g/mol. The summed E-state index contributed by atoms with van der Waals surface area (Å²) in [4.78, 5) is 26.4. The molecular formula is C11H13NO3S2. The van der Waals surface area contributed by atoms with Gasteiger partial charge in [-0.2, -0.15) is 0 Å². The van der Waals surface area contributed by atoms with Gasteiger partial charge in [0.1, 0.15) is 6.04 Å². The molecule has 0 spiro atoms. The molecule has 6 heteroatoms. The van der Waals surface area contributed by atoms with Gasteiger partial charge in [-0.1, -0.05) is 0 Å². The predicted octanol–water partition coefficient (Wildman–Crippen LogP) is 1.96. The van der Waals surface area contributed by atoms with E-state index in [1.807, 2.05) is 19.9 Å². The van der Waals surface area contributed by atoms with Gasteiger partial charge in [-0.05, 0) is 25.5 Å². The summed E-state index contributed by atoms with van der Waals surface area (Å²) in [6.07, 6.45) is 0. The molecule has 17 heavy (non-hydrogen) atoms. The third kappa shape index (κ3) is 2.32. The SMILES string of the molecule is Cc1cc(C(=O)N2CSCC2C(=O)O)sc1C. The summed E-state index contributed by atoms with van der Waals surface area (Å²) in [5, 5.41) is 9.04. The molecule has 0 bridgehead atoms. The van der Waals surface area contributed by atoms with E-state index in [2.05, 4.69) is 0 Å². The Morgan fingerprint density at radius 1 is 1.47 bits per heavy atom. The minimum atomic E-state index is -0.923. The molecule has 0 radical (unpaired) electrons. The number of hydrogen-bond acceptors (Lipinski definition) is 4. The van der Waals surface area contributed by atoms with E-state index < -0.39 is 12.0 Å². The van der Waals surface area contributed by atoms with Crippen LogP contribution in [0.3, 0.4) is 0 Å². The zero-order chi connectivity index (χ0) is 12.6. The van der Waals surface area contributed by atoms with E-state index in [4.69, 9.17) is 5.11 Å². The van der Waals surface area contributed by atoms with Crippen LogP contribution in [0, 0.1) is 13.8 Å². The molecule has 1 aliphatic heterocycles. The van der Waals surface area contributed by atoms with Crippen LogP contribution in [-0.2, 0) is 4.79 Å². The average Bonchev–Trinajstić information content (AvgIpc) is 2.85. The van der Waals surface area contributed by atoms with Crippen molar-refractivity contribution in [2.75, 3.05) is 11.6 Å². The van der Waals surface area contributed by atoms with Gasteiger partial charge >= 0.3 is 5.97 Å².